The third-order valence-electron chi connectivity index (χ3n) is 6.26. The number of carbonyl (C=O) groups is 4. The van der Waals surface area contributed by atoms with Crippen LogP contribution in [0.4, 0.5) is 11.4 Å². The van der Waals surface area contributed by atoms with Crippen LogP contribution in [0.5, 0.6) is 23.0 Å². The molecule has 5 rings (SSSR count). The van der Waals surface area contributed by atoms with Crippen molar-refractivity contribution in [3.8, 4) is 23.0 Å². The first-order valence-electron chi connectivity index (χ1n) is 13.5. The molecule has 0 spiro atoms. The predicted molar refractivity (Wildman–Crippen MR) is 166 cm³/mol. The van der Waals surface area contributed by atoms with Crippen LogP contribution < -0.4 is 31.2 Å². The van der Waals surface area contributed by atoms with Gasteiger partial charge in [0.2, 0.25) is 0 Å². The van der Waals surface area contributed by atoms with E-state index in [0.717, 1.165) is 0 Å². The van der Waals surface area contributed by atoms with Crippen LogP contribution in [0.3, 0.4) is 0 Å². The molecule has 224 valence electrons. The van der Waals surface area contributed by atoms with Crippen molar-refractivity contribution < 1.29 is 28.7 Å². The summed E-state index contributed by atoms with van der Waals surface area (Å²) < 4.78 is 11.5. The lowest BCUT2D eigenvalue weighted by molar-refractivity contribution is 0.0955. The van der Waals surface area contributed by atoms with Crippen molar-refractivity contribution in [1.82, 2.24) is 15.3 Å². The molecule has 0 atom stereocenters. The van der Waals surface area contributed by atoms with Gasteiger partial charge in [0, 0.05) is 54.1 Å². The highest BCUT2D eigenvalue weighted by Gasteiger charge is 2.13. The highest BCUT2D eigenvalue weighted by Crippen LogP contribution is 2.25. The number of hydrogen-bond donors (Lipinski definition) is 4. The molecule has 0 saturated heterocycles. The SMILES string of the molecule is CNC(=O)c1cc(Oc2ccc(NC(=O)c3cccc(C(=O)Nc4ccc(Oc5ccnc(C(N)=O)c5)cc4)c3)cc2)ccn1. The van der Waals surface area contributed by atoms with Crippen molar-refractivity contribution in [3.05, 3.63) is 132 Å². The van der Waals surface area contributed by atoms with Crippen LogP contribution in [-0.2, 0) is 0 Å². The Hall–Kier alpha value is -6.56. The molecule has 0 bridgehead atoms. The number of nitrogens with two attached hydrogens (primary N) is 1. The lowest BCUT2D eigenvalue weighted by atomic mass is 10.1. The van der Waals surface area contributed by atoms with Crippen LogP contribution >= 0.6 is 0 Å². The van der Waals surface area contributed by atoms with Gasteiger partial charge >= 0.3 is 0 Å². The van der Waals surface area contributed by atoms with Crippen molar-refractivity contribution in [2.75, 3.05) is 17.7 Å². The molecule has 2 aromatic heterocycles. The number of pyridine rings is 2. The zero-order chi connectivity index (χ0) is 31.8. The average Bonchev–Trinajstić information content (AvgIpc) is 3.06. The van der Waals surface area contributed by atoms with Crippen LogP contribution in [0.2, 0.25) is 0 Å². The van der Waals surface area contributed by atoms with Gasteiger partial charge in [0.05, 0.1) is 0 Å². The lowest BCUT2D eigenvalue weighted by Gasteiger charge is -2.10. The lowest BCUT2D eigenvalue weighted by Crippen LogP contribution is -2.18. The largest absolute Gasteiger partial charge is 0.457 e. The number of rotatable bonds is 10. The van der Waals surface area contributed by atoms with E-state index in [1.165, 1.54) is 37.6 Å². The fourth-order valence-electron chi connectivity index (χ4n) is 4.03. The van der Waals surface area contributed by atoms with Gasteiger partial charge in [0.1, 0.15) is 34.4 Å². The second-order valence-electron chi connectivity index (χ2n) is 9.44. The summed E-state index contributed by atoms with van der Waals surface area (Å²) in [5, 5.41) is 8.10. The summed E-state index contributed by atoms with van der Waals surface area (Å²) in [6.45, 7) is 0. The van der Waals surface area contributed by atoms with Crippen LogP contribution in [0.15, 0.2) is 109 Å². The molecule has 0 unspecified atom stereocenters. The maximum atomic E-state index is 12.9. The first-order chi connectivity index (χ1) is 21.8. The molecule has 45 heavy (non-hydrogen) atoms. The Bertz CT molecular complexity index is 1880. The van der Waals surface area contributed by atoms with Crippen molar-refractivity contribution in [3.63, 3.8) is 0 Å². The molecule has 4 amide bonds. The highest BCUT2D eigenvalue weighted by molar-refractivity contribution is 6.08. The summed E-state index contributed by atoms with van der Waals surface area (Å²) in [6.07, 6.45) is 2.89. The van der Waals surface area contributed by atoms with Crippen molar-refractivity contribution in [2.24, 2.45) is 5.73 Å². The van der Waals surface area contributed by atoms with E-state index in [2.05, 4.69) is 25.9 Å². The second kappa shape index (κ2) is 13.6. The normalized spacial score (nSPS) is 10.3. The Balaban J connectivity index is 1.17. The number of anilines is 2. The molecule has 0 saturated carbocycles. The summed E-state index contributed by atoms with van der Waals surface area (Å²) in [4.78, 5) is 56.9. The number of nitrogens with one attached hydrogen (secondary N) is 3. The number of nitrogens with zero attached hydrogens (tertiary/aromatic N) is 2. The van der Waals surface area contributed by atoms with Gasteiger partial charge < -0.3 is 31.2 Å². The molecule has 0 aliphatic rings. The Kier molecular flexibility index (Phi) is 9.05. The van der Waals surface area contributed by atoms with E-state index in [9.17, 15) is 19.2 Å². The number of benzene rings is 3. The molecular formula is C33H26N6O6. The van der Waals surface area contributed by atoms with E-state index < -0.39 is 17.7 Å². The van der Waals surface area contributed by atoms with Crippen LogP contribution in [0.1, 0.15) is 41.7 Å². The minimum absolute atomic E-state index is 0.0799. The molecule has 0 radical (unpaired) electrons. The van der Waals surface area contributed by atoms with Gasteiger partial charge in [0.25, 0.3) is 23.6 Å². The molecule has 0 fully saturated rings. The van der Waals surface area contributed by atoms with Gasteiger partial charge in [0.15, 0.2) is 0 Å². The molecule has 0 aliphatic heterocycles. The van der Waals surface area contributed by atoms with Crippen molar-refractivity contribution in [1.29, 1.82) is 0 Å². The molecule has 12 nitrogen and oxygen atoms in total. The van der Waals surface area contributed by atoms with E-state index in [-0.39, 0.29) is 28.4 Å². The average molecular weight is 603 g/mol. The van der Waals surface area contributed by atoms with Crippen molar-refractivity contribution in [2.45, 2.75) is 0 Å². The molecule has 5 aromatic rings. The van der Waals surface area contributed by atoms with E-state index in [1.54, 1.807) is 78.9 Å². The van der Waals surface area contributed by atoms with E-state index in [1.807, 2.05) is 0 Å². The Morgan fingerprint density at radius 3 is 1.51 bits per heavy atom. The first kappa shape index (κ1) is 29.9. The number of aromatic nitrogens is 2. The maximum Gasteiger partial charge on any atom is 0.269 e. The minimum atomic E-state index is -0.665. The molecule has 2 heterocycles. The van der Waals surface area contributed by atoms with Crippen LogP contribution in [0, 0.1) is 0 Å². The molecule has 12 heteroatoms. The number of amides is 4. The molecule has 5 N–H and O–H groups in total. The van der Waals surface area contributed by atoms with Gasteiger partial charge in [-0.05, 0) is 78.9 Å². The summed E-state index contributed by atoms with van der Waals surface area (Å²) in [7, 11) is 1.52. The summed E-state index contributed by atoms with van der Waals surface area (Å²) in [6, 6.07) is 25.8. The van der Waals surface area contributed by atoms with Gasteiger partial charge in [-0.1, -0.05) is 6.07 Å². The van der Waals surface area contributed by atoms with Crippen LogP contribution in [-0.4, -0.2) is 40.6 Å². The van der Waals surface area contributed by atoms with E-state index in [0.29, 0.717) is 34.4 Å². The van der Waals surface area contributed by atoms with Gasteiger partial charge in [-0.2, -0.15) is 0 Å². The quantitative estimate of drug-likeness (QED) is 0.172. The Morgan fingerprint density at radius 1 is 0.578 bits per heavy atom. The van der Waals surface area contributed by atoms with E-state index >= 15 is 0 Å². The first-order valence-corrected chi connectivity index (χ1v) is 13.5. The monoisotopic (exact) mass is 602 g/mol. The van der Waals surface area contributed by atoms with Gasteiger partial charge in [-0.3, -0.25) is 29.1 Å². The molecule has 3 aromatic carbocycles. The van der Waals surface area contributed by atoms with Gasteiger partial charge in [-0.25, -0.2) is 0 Å². The third-order valence-corrected chi connectivity index (χ3v) is 6.26. The minimum Gasteiger partial charge on any atom is -0.457 e. The third kappa shape index (κ3) is 7.84. The summed E-state index contributed by atoms with van der Waals surface area (Å²) >= 11 is 0. The Morgan fingerprint density at radius 2 is 1.04 bits per heavy atom. The zero-order valence-corrected chi connectivity index (χ0v) is 23.8. The maximum absolute atomic E-state index is 12.9. The van der Waals surface area contributed by atoms with E-state index in [4.69, 9.17) is 15.2 Å². The fraction of sp³-hybridized carbons (Fsp3) is 0.0303. The number of ether oxygens (including phenoxy) is 2. The highest BCUT2D eigenvalue weighted by atomic mass is 16.5. The van der Waals surface area contributed by atoms with Crippen LogP contribution in [0.25, 0.3) is 0 Å². The number of primary amides is 1. The number of hydrogen-bond acceptors (Lipinski definition) is 8. The van der Waals surface area contributed by atoms with Gasteiger partial charge in [-0.15, -0.1) is 0 Å². The fourth-order valence-corrected chi connectivity index (χ4v) is 4.03. The molecule has 0 aliphatic carbocycles. The topological polar surface area (TPSA) is 175 Å². The smallest absolute Gasteiger partial charge is 0.269 e. The zero-order valence-electron chi connectivity index (χ0n) is 23.8. The second-order valence-corrected chi connectivity index (χ2v) is 9.44. The van der Waals surface area contributed by atoms with Crippen molar-refractivity contribution >= 4 is 35.0 Å². The summed E-state index contributed by atoms with van der Waals surface area (Å²) in [5.41, 5.74) is 7.16. The molecular weight excluding hydrogens is 576 g/mol. The predicted octanol–water partition coefficient (Wildman–Crippen LogP) is 5.02. The summed E-state index contributed by atoms with van der Waals surface area (Å²) in [5.74, 6) is -0.0138. The standard InChI is InChI=1S/C33H26N6O6/c1-35-33(43)29-19-27(14-16-37-29)45-25-11-7-23(8-12-25)39-32(42)21-4-2-3-20(17-21)31(41)38-22-5-9-24(10-6-22)44-26-13-15-36-28(18-26)30(34)40/h2-19H,1H3,(H2,34,40)(H,35,43)(H,38,41)(H,39,42). The number of carbonyl (C=O) groups excluding carboxylic acids is 4. The Labute approximate surface area is 257 Å².